The van der Waals surface area contributed by atoms with Crippen LogP contribution in [0.15, 0.2) is 0 Å². The molecule has 0 saturated carbocycles. The van der Waals surface area contributed by atoms with Gasteiger partial charge in [-0.1, -0.05) is 34.8 Å². The Bertz CT molecular complexity index is 331. The molecule has 6 nitrogen and oxygen atoms in total. The van der Waals surface area contributed by atoms with Gasteiger partial charge in [-0.15, -0.1) is 4.49 Å². The van der Waals surface area contributed by atoms with Gasteiger partial charge in [0.25, 0.3) is 15.7 Å². The molecule has 0 spiro atoms. The maximum absolute atomic E-state index is 11.4. The Morgan fingerprint density at radius 1 is 1.21 bits per heavy atom. The molecule has 0 saturated heterocycles. The average molecular weight is 341 g/mol. The van der Waals surface area contributed by atoms with Crippen molar-refractivity contribution in [2.75, 3.05) is 0 Å². The third-order valence-electron chi connectivity index (χ3n) is 0.814. The van der Waals surface area contributed by atoms with E-state index in [1.165, 1.54) is 0 Å². The van der Waals surface area contributed by atoms with Crippen molar-refractivity contribution in [1.82, 2.24) is 4.49 Å². The SMILES string of the molecule is NSP(=O)(NS(=O)(=O)C(Cl)(Cl)Cl)SN. The molecule has 0 bridgehead atoms. The standard InChI is InChI=1S/CH5Cl3N3O3PS3/c2-1(3,4)14(9,10)7-11(8,12-5)13-6/h5-6H2,(H,7,8). The zero-order valence-corrected chi connectivity index (χ0v) is 11.8. The van der Waals surface area contributed by atoms with E-state index in [0.29, 0.717) is 0 Å². The van der Waals surface area contributed by atoms with Gasteiger partial charge < -0.3 is 0 Å². The fourth-order valence-corrected chi connectivity index (χ4v) is 6.32. The first-order chi connectivity index (χ1) is 6.08. The molecule has 0 aliphatic carbocycles. The second kappa shape index (κ2) is 5.31. The van der Waals surface area contributed by atoms with Gasteiger partial charge in [0.15, 0.2) is 0 Å². The van der Waals surface area contributed by atoms with Crippen LogP contribution in [-0.2, 0) is 14.6 Å². The number of hydrogen-bond donors (Lipinski definition) is 3. The summed E-state index contributed by atoms with van der Waals surface area (Å²) >= 11 is 15.8. The minimum absolute atomic E-state index is 0.243. The summed E-state index contributed by atoms with van der Waals surface area (Å²) < 4.78 is 32.7. The van der Waals surface area contributed by atoms with Crippen molar-refractivity contribution in [1.29, 1.82) is 0 Å². The summed E-state index contributed by atoms with van der Waals surface area (Å²) in [7, 11) is -4.40. The molecule has 0 atom stereocenters. The largest absolute Gasteiger partial charge is 0.307 e. The van der Waals surface area contributed by atoms with E-state index in [9.17, 15) is 13.0 Å². The first-order valence-corrected chi connectivity index (χ1v) is 9.84. The predicted molar refractivity (Wildman–Crippen MR) is 63.5 cm³/mol. The highest BCUT2D eigenvalue weighted by Gasteiger charge is 2.42. The number of halogens is 3. The first-order valence-electron chi connectivity index (χ1n) is 2.55. The second-order valence-corrected chi connectivity index (χ2v) is 13.5. The van der Waals surface area contributed by atoms with E-state index < -0.39 is 18.8 Å². The van der Waals surface area contributed by atoms with E-state index in [-0.39, 0.29) is 23.1 Å². The molecule has 0 aromatic rings. The molecule has 86 valence electrons. The predicted octanol–water partition coefficient (Wildman–Crippen LogP) is 1.56. The molecule has 0 radical (unpaired) electrons. The molecule has 5 N–H and O–H groups in total. The highest BCUT2D eigenvalue weighted by molar-refractivity contribution is 8.89. The van der Waals surface area contributed by atoms with Crippen LogP contribution in [0.25, 0.3) is 0 Å². The third-order valence-corrected chi connectivity index (χ3v) is 10.2. The summed E-state index contributed by atoms with van der Waals surface area (Å²) in [6.45, 7) is 0. The molecular weight excluding hydrogens is 336 g/mol. The van der Waals surface area contributed by atoms with Gasteiger partial charge in [-0.3, -0.25) is 14.8 Å². The molecule has 13 heteroatoms. The molecule has 0 heterocycles. The fourth-order valence-electron chi connectivity index (χ4n) is 0.267. The Balaban J connectivity index is 4.95. The number of sulfonamides is 1. The third kappa shape index (κ3) is 4.25. The maximum Gasteiger partial charge on any atom is 0.307 e. The summed E-state index contributed by atoms with van der Waals surface area (Å²) in [5, 5.41) is 9.93. The maximum atomic E-state index is 11.4. The molecule has 0 amide bonds. The van der Waals surface area contributed by atoms with Crippen LogP contribution in [0.2, 0.25) is 0 Å². The van der Waals surface area contributed by atoms with E-state index in [1.807, 2.05) is 0 Å². The monoisotopic (exact) mass is 339 g/mol. The Labute approximate surface area is 104 Å². The van der Waals surface area contributed by atoms with Gasteiger partial charge in [0.05, 0.1) is 0 Å². The lowest BCUT2D eigenvalue weighted by atomic mass is 11.8. The van der Waals surface area contributed by atoms with Gasteiger partial charge in [0.2, 0.25) is 0 Å². The second-order valence-electron chi connectivity index (χ2n) is 1.75. The lowest BCUT2D eigenvalue weighted by molar-refractivity contribution is 0.580. The minimum atomic E-state index is -4.40. The van der Waals surface area contributed by atoms with Crippen molar-refractivity contribution in [2.45, 2.75) is 3.12 Å². The van der Waals surface area contributed by atoms with Gasteiger partial charge in [-0.05, 0) is 0 Å². The Morgan fingerprint density at radius 2 is 1.57 bits per heavy atom. The zero-order valence-electron chi connectivity index (χ0n) is 6.19. The van der Waals surface area contributed by atoms with Crippen LogP contribution in [0.5, 0.6) is 0 Å². The zero-order chi connectivity index (χ0) is 11.6. The van der Waals surface area contributed by atoms with Crippen molar-refractivity contribution >= 4 is 73.7 Å². The number of nitrogens with two attached hydrogens (primary N) is 2. The molecule has 14 heavy (non-hydrogen) atoms. The van der Waals surface area contributed by atoms with Crippen molar-refractivity contribution in [3.63, 3.8) is 0 Å². The Kier molecular flexibility index (Phi) is 5.93. The van der Waals surface area contributed by atoms with Crippen LogP contribution in [0.1, 0.15) is 0 Å². The molecule has 0 aromatic carbocycles. The molecule has 0 rings (SSSR count). The normalized spacial score (nSPS) is 14.4. The summed E-state index contributed by atoms with van der Waals surface area (Å²) in [5.41, 5.74) is -3.60. The highest BCUT2D eigenvalue weighted by Crippen LogP contribution is 2.61. The van der Waals surface area contributed by atoms with Crippen molar-refractivity contribution in [3.05, 3.63) is 0 Å². The number of rotatable bonds is 4. The molecule has 0 aromatic heterocycles. The average Bonchev–Trinajstić information content (AvgIpc) is 2.01. The van der Waals surface area contributed by atoms with E-state index in [0.717, 1.165) is 0 Å². The van der Waals surface area contributed by atoms with Gasteiger partial charge in [0.1, 0.15) is 0 Å². The topological polar surface area (TPSA) is 115 Å². The highest BCUT2D eigenvalue weighted by atomic mass is 35.6. The van der Waals surface area contributed by atoms with Gasteiger partial charge in [0, 0.05) is 23.1 Å². The van der Waals surface area contributed by atoms with Gasteiger partial charge in [-0.2, -0.15) is 0 Å². The molecule has 0 aliphatic rings. The van der Waals surface area contributed by atoms with Crippen LogP contribution in [0, 0.1) is 0 Å². The van der Waals surface area contributed by atoms with E-state index >= 15 is 0 Å². The molecular formula is CH5Cl3N3O3PS3. The fraction of sp³-hybridized carbons (Fsp3) is 1.00. The summed E-state index contributed by atoms with van der Waals surface area (Å²) in [5.74, 6) is 0. The van der Waals surface area contributed by atoms with E-state index in [1.54, 1.807) is 4.49 Å². The quantitative estimate of drug-likeness (QED) is 0.404. The summed E-state index contributed by atoms with van der Waals surface area (Å²) in [4.78, 5) is 0. The van der Waals surface area contributed by atoms with Crippen LogP contribution >= 0.6 is 63.6 Å². The molecule has 0 unspecified atom stereocenters. The van der Waals surface area contributed by atoms with Crippen LogP contribution < -0.4 is 14.8 Å². The van der Waals surface area contributed by atoms with Gasteiger partial charge in [-0.25, -0.2) is 8.42 Å². The van der Waals surface area contributed by atoms with Gasteiger partial charge >= 0.3 is 3.12 Å². The number of nitrogens with one attached hydrogen (secondary N) is 1. The smallest absolute Gasteiger partial charge is 0.279 e. The number of alkyl halides is 3. The van der Waals surface area contributed by atoms with Crippen molar-refractivity contribution in [3.8, 4) is 0 Å². The van der Waals surface area contributed by atoms with Crippen LogP contribution in [-0.4, -0.2) is 11.5 Å². The minimum Gasteiger partial charge on any atom is -0.279 e. The molecule has 0 aliphatic heterocycles. The molecule has 0 fully saturated rings. The lowest BCUT2D eigenvalue weighted by Crippen LogP contribution is -2.31. The van der Waals surface area contributed by atoms with Crippen LogP contribution in [0.4, 0.5) is 0 Å². The number of hydrogen-bond acceptors (Lipinski definition) is 7. The Hall–Kier alpha value is 1.63. The van der Waals surface area contributed by atoms with Crippen LogP contribution in [0.3, 0.4) is 0 Å². The van der Waals surface area contributed by atoms with E-state index in [4.69, 9.17) is 45.1 Å². The lowest BCUT2D eigenvalue weighted by Gasteiger charge is -2.17. The summed E-state index contributed by atoms with van der Waals surface area (Å²) in [6, 6.07) is 0. The van der Waals surface area contributed by atoms with Crippen molar-refractivity contribution < 1.29 is 13.0 Å². The first kappa shape index (κ1) is 15.6. The van der Waals surface area contributed by atoms with Crippen molar-refractivity contribution in [2.24, 2.45) is 10.3 Å². The van der Waals surface area contributed by atoms with E-state index in [2.05, 4.69) is 0 Å². The summed E-state index contributed by atoms with van der Waals surface area (Å²) in [6.07, 6.45) is 0. The Morgan fingerprint density at radius 3 is 1.79 bits per heavy atom.